The minimum atomic E-state index is -0.271. The molecule has 1 aliphatic heterocycles. The molecule has 5 nitrogen and oxygen atoms in total. The van der Waals surface area contributed by atoms with Crippen LogP contribution in [0.4, 0.5) is 5.69 Å². The molecule has 6 heteroatoms. The number of carbonyl (C=O) groups excluding carboxylic acids is 2. The lowest BCUT2D eigenvalue weighted by atomic mass is 9.96. The van der Waals surface area contributed by atoms with E-state index in [0.29, 0.717) is 28.6 Å². The summed E-state index contributed by atoms with van der Waals surface area (Å²) in [5.74, 6) is 0.0749. The first-order valence-electron chi connectivity index (χ1n) is 7.12. The third-order valence-corrected chi connectivity index (χ3v) is 3.92. The molecule has 1 aromatic rings. The lowest BCUT2D eigenvalue weighted by molar-refractivity contribution is -0.117. The summed E-state index contributed by atoms with van der Waals surface area (Å²) in [6.07, 6.45) is 2.68. The highest BCUT2D eigenvalue weighted by atomic mass is 35.5. The molecule has 1 fully saturated rings. The van der Waals surface area contributed by atoms with Gasteiger partial charge in [0.1, 0.15) is 0 Å². The van der Waals surface area contributed by atoms with Crippen molar-refractivity contribution in [1.29, 1.82) is 0 Å². The van der Waals surface area contributed by atoms with E-state index < -0.39 is 0 Å². The van der Waals surface area contributed by atoms with Crippen LogP contribution >= 0.6 is 11.6 Å². The van der Waals surface area contributed by atoms with Crippen LogP contribution in [0.3, 0.4) is 0 Å². The van der Waals surface area contributed by atoms with Gasteiger partial charge in [0, 0.05) is 19.2 Å². The average Bonchev–Trinajstić information content (AvgIpc) is 2.49. The lowest BCUT2D eigenvalue weighted by Gasteiger charge is -2.22. The summed E-state index contributed by atoms with van der Waals surface area (Å²) in [4.78, 5) is 23.7. The molecule has 2 amide bonds. The van der Waals surface area contributed by atoms with E-state index in [1.165, 1.54) is 0 Å². The van der Waals surface area contributed by atoms with Gasteiger partial charge in [0.2, 0.25) is 5.91 Å². The van der Waals surface area contributed by atoms with E-state index in [2.05, 4.69) is 16.0 Å². The Morgan fingerprint density at radius 3 is 2.90 bits per heavy atom. The van der Waals surface area contributed by atoms with Crippen molar-refractivity contribution in [3.8, 4) is 0 Å². The number of hydrogen-bond donors (Lipinski definition) is 3. The molecule has 114 valence electrons. The molecule has 0 radical (unpaired) electrons. The summed E-state index contributed by atoms with van der Waals surface area (Å²) < 4.78 is 0. The van der Waals surface area contributed by atoms with Crippen molar-refractivity contribution in [3.05, 3.63) is 28.8 Å². The van der Waals surface area contributed by atoms with Crippen molar-refractivity contribution in [3.63, 3.8) is 0 Å². The zero-order chi connectivity index (χ0) is 15.2. The van der Waals surface area contributed by atoms with Gasteiger partial charge in [-0.15, -0.1) is 0 Å². The van der Waals surface area contributed by atoms with Crippen molar-refractivity contribution in [2.75, 3.05) is 25.5 Å². The Labute approximate surface area is 129 Å². The van der Waals surface area contributed by atoms with Crippen molar-refractivity contribution in [2.45, 2.75) is 19.3 Å². The largest absolute Gasteiger partial charge is 0.355 e. The van der Waals surface area contributed by atoms with Gasteiger partial charge in [-0.1, -0.05) is 11.6 Å². The fourth-order valence-corrected chi connectivity index (χ4v) is 2.69. The van der Waals surface area contributed by atoms with Crippen molar-refractivity contribution >= 4 is 29.1 Å². The maximum Gasteiger partial charge on any atom is 0.252 e. The van der Waals surface area contributed by atoms with Gasteiger partial charge in [-0.05, 0) is 50.0 Å². The molecule has 1 heterocycles. The Kier molecular flexibility index (Phi) is 5.59. The Balaban J connectivity index is 1.98. The molecule has 2 rings (SSSR count). The molecule has 1 aromatic carbocycles. The van der Waals surface area contributed by atoms with E-state index in [9.17, 15) is 9.59 Å². The SMILES string of the molecule is CNC(=O)c1cc(NC(=O)CC2CCCNC2)ccc1Cl. The van der Waals surface area contributed by atoms with Gasteiger partial charge in [-0.2, -0.15) is 0 Å². The molecule has 3 N–H and O–H groups in total. The van der Waals surface area contributed by atoms with Crippen LogP contribution < -0.4 is 16.0 Å². The second kappa shape index (κ2) is 7.43. The smallest absolute Gasteiger partial charge is 0.252 e. The molecule has 0 bridgehead atoms. The number of hydrogen-bond acceptors (Lipinski definition) is 3. The third-order valence-electron chi connectivity index (χ3n) is 3.59. The molecular formula is C15H20ClN3O2. The third kappa shape index (κ3) is 4.44. The van der Waals surface area contributed by atoms with Crippen molar-refractivity contribution < 1.29 is 9.59 Å². The fourth-order valence-electron chi connectivity index (χ4n) is 2.48. The minimum Gasteiger partial charge on any atom is -0.355 e. The van der Waals surface area contributed by atoms with Crippen LogP contribution in [-0.4, -0.2) is 32.0 Å². The van der Waals surface area contributed by atoms with Gasteiger partial charge in [-0.3, -0.25) is 9.59 Å². The molecular weight excluding hydrogens is 290 g/mol. The van der Waals surface area contributed by atoms with Crippen LogP contribution in [0.1, 0.15) is 29.6 Å². The summed E-state index contributed by atoms with van der Waals surface area (Å²) in [5, 5.41) is 9.01. The van der Waals surface area contributed by atoms with E-state index in [1.54, 1.807) is 25.2 Å². The molecule has 1 unspecified atom stereocenters. The van der Waals surface area contributed by atoms with Crippen molar-refractivity contribution in [2.24, 2.45) is 5.92 Å². The summed E-state index contributed by atoms with van der Waals surface area (Å²) in [6.45, 7) is 1.92. The van der Waals surface area contributed by atoms with Gasteiger partial charge >= 0.3 is 0 Å². The highest BCUT2D eigenvalue weighted by Gasteiger charge is 2.17. The number of amides is 2. The second-order valence-electron chi connectivity index (χ2n) is 5.24. The number of rotatable bonds is 4. The van der Waals surface area contributed by atoms with E-state index in [4.69, 9.17) is 11.6 Å². The number of nitrogens with one attached hydrogen (secondary N) is 3. The van der Waals surface area contributed by atoms with Gasteiger partial charge in [0.25, 0.3) is 5.91 Å². The maximum absolute atomic E-state index is 12.0. The molecule has 1 saturated heterocycles. The molecule has 1 aliphatic rings. The molecule has 0 aliphatic carbocycles. The highest BCUT2D eigenvalue weighted by molar-refractivity contribution is 6.34. The summed E-state index contributed by atoms with van der Waals surface area (Å²) >= 11 is 5.98. The number of carbonyl (C=O) groups is 2. The maximum atomic E-state index is 12.0. The van der Waals surface area contributed by atoms with Crippen LogP contribution in [0.15, 0.2) is 18.2 Å². The number of piperidine rings is 1. The van der Waals surface area contributed by atoms with Crippen LogP contribution in [0, 0.1) is 5.92 Å². The van der Waals surface area contributed by atoms with E-state index >= 15 is 0 Å². The molecule has 21 heavy (non-hydrogen) atoms. The fraction of sp³-hybridized carbons (Fsp3) is 0.467. The van der Waals surface area contributed by atoms with Gasteiger partial charge in [0.05, 0.1) is 10.6 Å². The second-order valence-corrected chi connectivity index (χ2v) is 5.65. The Hall–Kier alpha value is -1.59. The Morgan fingerprint density at radius 1 is 1.43 bits per heavy atom. The van der Waals surface area contributed by atoms with Crippen LogP contribution in [0.2, 0.25) is 5.02 Å². The quantitative estimate of drug-likeness (QED) is 0.797. The lowest BCUT2D eigenvalue weighted by Crippen LogP contribution is -2.32. The zero-order valence-corrected chi connectivity index (χ0v) is 12.8. The first-order chi connectivity index (χ1) is 10.1. The summed E-state index contributed by atoms with van der Waals surface area (Å²) in [7, 11) is 1.54. The molecule has 0 aromatic heterocycles. The van der Waals surface area contributed by atoms with Crippen molar-refractivity contribution in [1.82, 2.24) is 10.6 Å². The van der Waals surface area contributed by atoms with Crippen LogP contribution in [-0.2, 0) is 4.79 Å². The van der Waals surface area contributed by atoms with Gasteiger partial charge in [-0.25, -0.2) is 0 Å². The first kappa shape index (κ1) is 15.8. The Bertz CT molecular complexity index is 528. The van der Waals surface area contributed by atoms with E-state index in [0.717, 1.165) is 25.9 Å². The number of anilines is 1. The topological polar surface area (TPSA) is 70.2 Å². The van der Waals surface area contributed by atoms with Gasteiger partial charge < -0.3 is 16.0 Å². The zero-order valence-electron chi connectivity index (χ0n) is 12.0. The van der Waals surface area contributed by atoms with Crippen LogP contribution in [0.25, 0.3) is 0 Å². The van der Waals surface area contributed by atoms with E-state index in [-0.39, 0.29) is 11.8 Å². The monoisotopic (exact) mass is 309 g/mol. The van der Waals surface area contributed by atoms with Gasteiger partial charge in [0.15, 0.2) is 0 Å². The van der Waals surface area contributed by atoms with Crippen LogP contribution in [0.5, 0.6) is 0 Å². The highest BCUT2D eigenvalue weighted by Crippen LogP contribution is 2.21. The standard InChI is InChI=1S/C15H20ClN3O2/c1-17-15(21)12-8-11(4-5-13(12)16)19-14(20)7-10-3-2-6-18-9-10/h4-5,8,10,18H,2-3,6-7,9H2,1H3,(H,17,21)(H,19,20). The minimum absolute atomic E-state index is 0.0334. The molecule has 1 atom stereocenters. The van der Waals surface area contributed by atoms with E-state index in [1.807, 2.05) is 0 Å². The summed E-state index contributed by atoms with van der Waals surface area (Å²) in [6, 6.07) is 4.91. The normalized spacial score (nSPS) is 18.1. The number of benzene rings is 1. The average molecular weight is 310 g/mol. The Morgan fingerprint density at radius 2 is 2.24 bits per heavy atom. The summed E-state index contributed by atoms with van der Waals surface area (Å²) in [5.41, 5.74) is 0.947. The number of halogens is 1. The predicted molar refractivity (Wildman–Crippen MR) is 83.7 cm³/mol. The molecule has 0 spiro atoms. The first-order valence-corrected chi connectivity index (χ1v) is 7.50. The predicted octanol–water partition coefficient (Wildman–Crippen LogP) is 2.03. The molecule has 0 saturated carbocycles.